The molecule has 1 aromatic heterocycles. The third-order valence-electron chi connectivity index (χ3n) is 5.29. The Bertz CT molecular complexity index is 1250. The Morgan fingerprint density at radius 3 is 2.71 bits per heavy atom. The standard InChI is InChI=1S/C22H22Cl2N4O4S2/c1-14(32-19-4-2-3-18(23)20(19)24)21(29)26-15-9-11-28(13-15)16-5-7-17(8-6-16)34(30,31)27-22-25-10-12-33-22/h2-8,10,12,14-15H,9,11,13H2,1H3,(H,25,27)(H,26,29)/t14?,15-/m0/s1. The highest BCUT2D eigenvalue weighted by atomic mass is 35.5. The molecule has 2 atom stereocenters. The first kappa shape index (κ1) is 24.6. The van der Waals surface area contributed by atoms with Crippen molar-refractivity contribution in [1.82, 2.24) is 10.3 Å². The van der Waals surface area contributed by atoms with Crippen LogP contribution in [0.3, 0.4) is 0 Å². The van der Waals surface area contributed by atoms with E-state index in [1.165, 1.54) is 17.5 Å². The van der Waals surface area contributed by atoms with Crippen molar-refractivity contribution in [3.05, 3.63) is 64.1 Å². The molecule has 0 radical (unpaired) electrons. The number of carbonyl (C=O) groups is 1. The molecule has 4 rings (SSSR count). The van der Waals surface area contributed by atoms with E-state index < -0.39 is 16.1 Å². The minimum Gasteiger partial charge on any atom is -0.479 e. The van der Waals surface area contributed by atoms with Crippen molar-refractivity contribution in [2.45, 2.75) is 30.4 Å². The monoisotopic (exact) mass is 540 g/mol. The van der Waals surface area contributed by atoms with Crippen LogP contribution < -0.4 is 19.7 Å². The van der Waals surface area contributed by atoms with Crippen LogP contribution in [-0.2, 0) is 14.8 Å². The third-order valence-corrected chi connectivity index (χ3v) is 8.26. The maximum Gasteiger partial charge on any atom is 0.263 e. The number of nitrogens with zero attached hydrogens (tertiary/aromatic N) is 2. The van der Waals surface area contributed by atoms with Gasteiger partial charge < -0.3 is 15.0 Å². The number of anilines is 2. The zero-order chi connectivity index (χ0) is 24.3. The predicted molar refractivity (Wildman–Crippen MR) is 135 cm³/mol. The van der Waals surface area contributed by atoms with Crippen LogP contribution in [-0.4, -0.2) is 44.5 Å². The lowest BCUT2D eigenvalue weighted by atomic mass is 10.2. The highest BCUT2D eigenvalue weighted by Gasteiger charge is 2.27. The van der Waals surface area contributed by atoms with Crippen molar-refractivity contribution in [3.8, 4) is 5.75 Å². The average molecular weight is 541 g/mol. The number of rotatable bonds is 8. The minimum absolute atomic E-state index is 0.0663. The van der Waals surface area contributed by atoms with E-state index in [2.05, 4.69) is 19.9 Å². The first-order valence-electron chi connectivity index (χ1n) is 10.4. The fraction of sp³-hybridized carbons (Fsp3) is 0.273. The largest absolute Gasteiger partial charge is 0.479 e. The summed E-state index contributed by atoms with van der Waals surface area (Å²) in [5.74, 6) is 0.0989. The van der Waals surface area contributed by atoms with E-state index in [-0.39, 0.29) is 21.9 Å². The van der Waals surface area contributed by atoms with E-state index >= 15 is 0 Å². The van der Waals surface area contributed by atoms with Gasteiger partial charge >= 0.3 is 0 Å². The Kier molecular flexibility index (Phi) is 7.51. The Balaban J connectivity index is 1.32. The van der Waals surface area contributed by atoms with Crippen LogP contribution >= 0.6 is 34.5 Å². The molecule has 2 heterocycles. The molecule has 34 heavy (non-hydrogen) atoms. The number of aromatic nitrogens is 1. The molecule has 0 aliphatic carbocycles. The summed E-state index contributed by atoms with van der Waals surface area (Å²) in [6.45, 7) is 2.97. The van der Waals surface area contributed by atoms with E-state index in [0.717, 1.165) is 18.7 Å². The molecular formula is C22H22Cl2N4O4S2. The van der Waals surface area contributed by atoms with Gasteiger partial charge in [0.05, 0.1) is 9.92 Å². The molecule has 1 aliphatic rings. The number of nitrogens with one attached hydrogen (secondary N) is 2. The second kappa shape index (κ2) is 10.4. The number of sulfonamides is 1. The van der Waals surface area contributed by atoms with Gasteiger partial charge in [0.15, 0.2) is 11.2 Å². The number of ether oxygens (including phenoxy) is 1. The molecule has 0 bridgehead atoms. The highest BCUT2D eigenvalue weighted by Crippen LogP contribution is 2.32. The number of hydrogen-bond acceptors (Lipinski definition) is 7. The van der Waals surface area contributed by atoms with Gasteiger partial charge in [0.2, 0.25) is 0 Å². The van der Waals surface area contributed by atoms with Crippen LogP contribution in [0.2, 0.25) is 10.0 Å². The number of amides is 1. The number of benzene rings is 2. The predicted octanol–water partition coefficient (Wildman–Crippen LogP) is 4.41. The smallest absolute Gasteiger partial charge is 0.263 e. The molecule has 3 aromatic rings. The van der Waals surface area contributed by atoms with Crippen molar-refractivity contribution in [2.75, 3.05) is 22.7 Å². The Hall–Kier alpha value is -2.53. The van der Waals surface area contributed by atoms with Gasteiger partial charge in [-0.05, 0) is 49.7 Å². The molecule has 2 aromatic carbocycles. The van der Waals surface area contributed by atoms with Gasteiger partial charge in [-0.25, -0.2) is 13.4 Å². The Morgan fingerprint density at radius 2 is 2.00 bits per heavy atom. The second-order valence-corrected chi connectivity index (χ2v) is 11.1. The summed E-state index contributed by atoms with van der Waals surface area (Å²) in [7, 11) is -3.70. The lowest BCUT2D eigenvalue weighted by molar-refractivity contribution is -0.127. The molecule has 1 unspecified atom stereocenters. The number of carbonyl (C=O) groups excluding carboxylic acids is 1. The molecule has 12 heteroatoms. The topological polar surface area (TPSA) is 101 Å². The first-order chi connectivity index (χ1) is 16.2. The Labute approximate surface area is 211 Å². The van der Waals surface area contributed by atoms with E-state index in [4.69, 9.17) is 27.9 Å². The molecule has 1 saturated heterocycles. The summed E-state index contributed by atoms with van der Waals surface area (Å²) in [6.07, 6.45) is 1.54. The third kappa shape index (κ3) is 5.75. The van der Waals surface area contributed by atoms with E-state index in [0.29, 0.717) is 22.4 Å². The van der Waals surface area contributed by atoms with Crippen LogP contribution in [0, 0.1) is 0 Å². The number of thiazole rings is 1. The Morgan fingerprint density at radius 1 is 1.24 bits per heavy atom. The summed E-state index contributed by atoms with van der Waals surface area (Å²) in [5.41, 5.74) is 0.875. The van der Waals surface area contributed by atoms with Crippen LogP contribution in [0.4, 0.5) is 10.8 Å². The van der Waals surface area contributed by atoms with Gasteiger partial charge in [0.1, 0.15) is 10.8 Å². The normalized spacial score (nSPS) is 16.8. The van der Waals surface area contributed by atoms with Crippen molar-refractivity contribution in [3.63, 3.8) is 0 Å². The zero-order valence-electron chi connectivity index (χ0n) is 18.1. The van der Waals surface area contributed by atoms with Crippen molar-refractivity contribution >= 4 is 61.3 Å². The fourth-order valence-electron chi connectivity index (χ4n) is 3.53. The van der Waals surface area contributed by atoms with Gasteiger partial charge in [-0.1, -0.05) is 29.3 Å². The summed E-state index contributed by atoms with van der Waals surface area (Å²) in [6, 6.07) is 11.6. The molecular weight excluding hydrogens is 519 g/mol. The molecule has 8 nitrogen and oxygen atoms in total. The lowest BCUT2D eigenvalue weighted by Gasteiger charge is -2.21. The van der Waals surface area contributed by atoms with Gasteiger partial charge in [-0.15, -0.1) is 11.3 Å². The van der Waals surface area contributed by atoms with Crippen LogP contribution in [0.25, 0.3) is 0 Å². The number of halogens is 2. The van der Waals surface area contributed by atoms with E-state index in [9.17, 15) is 13.2 Å². The van der Waals surface area contributed by atoms with Crippen LogP contribution in [0.1, 0.15) is 13.3 Å². The summed E-state index contributed by atoms with van der Waals surface area (Å²) >= 11 is 13.3. The SMILES string of the molecule is CC(Oc1cccc(Cl)c1Cl)C(=O)N[C@H]1CCN(c2ccc(S(=O)(=O)Nc3nccs3)cc2)C1. The maximum atomic E-state index is 12.6. The molecule has 180 valence electrons. The highest BCUT2D eigenvalue weighted by molar-refractivity contribution is 7.93. The fourth-order valence-corrected chi connectivity index (χ4v) is 5.66. The molecule has 0 saturated carbocycles. The van der Waals surface area contributed by atoms with Crippen LogP contribution in [0.5, 0.6) is 5.75 Å². The average Bonchev–Trinajstić information content (AvgIpc) is 3.49. The number of hydrogen-bond donors (Lipinski definition) is 2. The first-order valence-corrected chi connectivity index (χ1v) is 13.5. The second-order valence-electron chi connectivity index (χ2n) is 7.69. The maximum absolute atomic E-state index is 12.6. The van der Waals surface area contributed by atoms with Crippen molar-refractivity contribution in [1.29, 1.82) is 0 Å². The summed E-state index contributed by atoms with van der Waals surface area (Å²) in [5, 5.41) is 5.64. The molecule has 1 aliphatic heterocycles. The molecule has 2 N–H and O–H groups in total. The molecule has 1 fully saturated rings. The molecule has 0 spiro atoms. The quantitative estimate of drug-likeness (QED) is 0.438. The molecule has 1 amide bonds. The minimum atomic E-state index is -3.70. The van der Waals surface area contributed by atoms with Gasteiger partial charge in [-0.3, -0.25) is 9.52 Å². The van der Waals surface area contributed by atoms with Gasteiger partial charge in [0, 0.05) is 36.4 Å². The van der Waals surface area contributed by atoms with Gasteiger partial charge in [-0.2, -0.15) is 0 Å². The van der Waals surface area contributed by atoms with E-state index in [1.807, 2.05) is 0 Å². The summed E-state index contributed by atoms with van der Waals surface area (Å²) in [4.78, 5) is 18.8. The van der Waals surface area contributed by atoms with Crippen molar-refractivity contribution in [2.24, 2.45) is 0 Å². The zero-order valence-corrected chi connectivity index (χ0v) is 21.2. The summed E-state index contributed by atoms with van der Waals surface area (Å²) < 4.78 is 33.2. The van der Waals surface area contributed by atoms with E-state index in [1.54, 1.807) is 54.8 Å². The van der Waals surface area contributed by atoms with Crippen LogP contribution in [0.15, 0.2) is 58.9 Å². The van der Waals surface area contributed by atoms with Gasteiger partial charge in [0.25, 0.3) is 15.9 Å². The van der Waals surface area contributed by atoms with Crippen molar-refractivity contribution < 1.29 is 17.9 Å². The lowest BCUT2D eigenvalue weighted by Crippen LogP contribution is -2.43.